The van der Waals surface area contributed by atoms with Gasteiger partial charge < -0.3 is 10.2 Å². The van der Waals surface area contributed by atoms with E-state index in [1.165, 1.54) is 19.3 Å². The lowest BCUT2D eigenvalue weighted by molar-refractivity contribution is -0.130. The molecular weight excluding hydrogens is 266 g/mol. The molecule has 1 heterocycles. The van der Waals surface area contributed by atoms with Crippen molar-refractivity contribution < 1.29 is 9.59 Å². The summed E-state index contributed by atoms with van der Waals surface area (Å²) in [6, 6.07) is 2.33. The molecule has 21 heavy (non-hydrogen) atoms. The van der Waals surface area contributed by atoms with E-state index < -0.39 is 0 Å². The molecule has 0 bridgehead atoms. The molecule has 1 saturated heterocycles. The fourth-order valence-electron chi connectivity index (χ4n) is 3.38. The number of rotatable bonds is 5. The minimum atomic E-state index is -0.243. The van der Waals surface area contributed by atoms with Crippen molar-refractivity contribution in [1.82, 2.24) is 10.2 Å². The van der Waals surface area contributed by atoms with Crippen molar-refractivity contribution in [2.24, 2.45) is 5.92 Å². The standard InChI is InChI=1S/C16H25N3O2/c1-2-13(8-9-17)18-16(21)12-10-15(20)19(11-12)14-6-4-3-5-7-14/h12-14H,2-8,10-11H2,1H3,(H,18,21)/t12-,13+/m1/s1. The van der Waals surface area contributed by atoms with Crippen molar-refractivity contribution in [1.29, 1.82) is 5.26 Å². The van der Waals surface area contributed by atoms with Gasteiger partial charge in [0.1, 0.15) is 0 Å². The van der Waals surface area contributed by atoms with Gasteiger partial charge in [-0.05, 0) is 19.3 Å². The molecule has 1 saturated carbocycles. The van der Waals surface area contributed by atoms with Crippen LogP contribution in [0, 0.1) is 17.2 Å². The molecule has 1 aliphatic carbocycles. The summed E-state index contributed by atoms with van der Waals surface area (Å²) in [6.45, 7) is 2.51. The van der Waals surface area contributed by atoms with Crippen LogP contribution in [0.25, 0.3) is 0 Å². The van der Waals surface area contributed by atoms with Crippen LogP contribution >= 0.6 is 0 Å². The van der Waals surface area contributed by atoms with E-state index in [2.05, 4.69) is 11.4 Å². The Labute approximate surface area is 126 Å². The molecule has 2 rings (SSSR count). The van der Waals surface area contributed by atoms with Crippen molar-refractivity contribution in [3.63, 3.8) is 0 Å². The highest BCUT2D eigenvalue weighted by molar-refractivity contribution is 5.89. The van der Waals surface area contributed by atoms with Gasteiger partial charge in [-0.1, -0.05) is 26.2 Å². The van der Waals surface area contributed by atoms with Gasteiger partial charge in [-0.25, -0.2) is 0 Å². The minimum absolute atomic E-state index is 0.0660. The summed E-state index contributed by atoms with van der Waals surface area (Å²) < 4.78 is 0. The third kappa shape index (κ3) is 3.96. The summed E-state index contributed by atoms with van der Waals surface area (Å²) in [6.07, 6.45) is 7.18. The fraction of sp³-hybridized carbons (Fsp3) is 0.812. The Bertz CT molecular complexity index is 424. The second-order valence-corrected chi connectivity index (χ2v) is 6.21. The molecule has 0 aromatic rings. The van der Waals surface area contributed by atoms with Crippen molar-refractivity contribution >= 4 is 11.8 Å². The molecule has 2 aliphatic rings. The summed E-state index contributed by atoms with van der Waals surface area (Å²) in [5.41, 5.74) is 0. The number of nitrogens with zero attached hydrogens (tertiary/aromatic N) is 2. The highest BCUT2D eigenvalue weighted by atomic mass is 16.2. The van der Waals surface area contributed by atoms with E-state index in [1.54, 1.807) is 0 Å². The lowest BCUT2D eigenvalue weighted by atomic mass is 9.94. The van der Waals surface area contributed by atoms with Crippen molar-refractivity contribution in [2.75, 3.05) is 6.54 Å². The van der Waals surface area contributed by atoms with E-state index in [9.17, 15) is 9.59 Å². The van der Waals surface area contributed by atoms with E-state index in [0.717, 1.165) is 19.3 Å². The summed E-state index contributed by atoms with van der Waals surface area (Å²) in [4.78, 5) is 26.4. The Morgan fingerprint density at radius 3 is 2.76 bits per heavy atom. The Morgan fingerprint density at radius 2 is 2.14 bits per heavy atom. The maximum atomic E-state index is 12.3. The number of hydrogen-bond acceptors (Lipinski definition) is 3. The third-order valence-corrected chi connectivity index (χ3v) is 4.72. The van der Waals surface area contributed by atoms with E-state index in [0.29, 0.717) is 25.4 Å². The Kier molecular flexibility index (Phi) is 5.60. The summed E-state index contributed by atoms with van der Waals surface area (Å²) in [7, 11) is 0. The molecule has 2 atom stereocenters. The number of nitriles is 1. The molecule has 0 aromatic heterocycles. The second-order valence-electron chi connectivity index (χ2n) is 6.21. The zero-order valence-electron chi connectivity index (χ0n) is 12.8. The van der Waals surface area contributed by atoms with Crippen LogP contribution in [-0.4, -0.2) is 35.3 Å². The quantitative estimate of drug-likeness (QED) is 0.841. The average Bonchev–Trinajstić information content (AvgIpc) is 2.89. The molecule has 2 amide bonds. The Hall–Kier alpha value is -1.57. The van der Waals surface area contributed by atoms with Gasteiger partial charge in [-0.15, -0.1) is 0 Å². The number of nitrogens with one attached hydrogen (secondary N) is 1. The first-order valence-corrected chi connectivity index (χ1v) is 8.12. The van der Waals surface area contributed by atoms with Crippen LogP contribution in [0.3, 0.4) is 0 Å². The molecule has 0 unspecified atom stereocenters. The highest BCUT2D eigenvalue weighted by Crippen LogP contribution is 2.28. The third-order valence-electron chi connectivity index (χ3n) is 4.72. The molecule has 0 radical (unpaired) electrons. The van der Waals surface area contributed by atoms with Gasteiger partial charge in [0.25, 0.3) is 0 Å². The maximum absolute atomic E-state index is 12.3. The molecule has 1 aliphatic heterocycles. The van der Waals surface area contributed by atoms with Gasteiger partial charge in [0.15, 0.2) is 0 Å². The average molecular weight is 291 g/mol. The van der Waals surface area contributed by atoms with Crippen molar-refractivity contribution in [2.45, 2.75) is 70.4 Å². The Balaban J connectivity index is 1.89. The normalized spacial score (nSPS) is 24.7. The number of hydrogen-bond donors (Lipinski definition) is 1. The van der Waals surface area contributed by atoms with Crippen LogP contribution in [0.1, 0.15) is 58.3 Å². The van der Waals surface area contributed by atoms with Gasteiger partial charge in [-0.3, -0.25) is 9.59 Å². The smallest absolute Gasteiger partial charge is 0.225 e. The molecule has 0 aromatic carbocycles. The van der Waals surface area contributed by atoms with Gasteiger partial charge in [0.05, 0.1) is 18.4 Å². The van der Waals surface area contributed by atoms with Gasteiger partial charge in [-0.2, -0.15) is 5.26 Å². The minimum Gasteiger partial charge on any atom is -0.352 e. The topological polar surface area (TPSA) is 73.2 Å². The monoisotopic (exact) mass is 291 g/mol. The number of amides is 2. The molecule has 116 valence electrons. The summed E-state index contributed by atoms with van der Waals surface area (Å²) in [5.74, 6) is -0.189. The van der Waals surface area contributed by atoms with Gasteiger partial charge in [0, 0.05) is 25.0 Å². The van der Waals surface area contributed by atoms with E-state index in [1.807, 2.05) is 11.8 Å². The SMILES string of the molecule is CC[C@@H](CC#N)NC(=O)[C@@H]1CC(=O)N(C2CCCCC2)C1. The Morgan fingerprint density at radius 1 is 1.43 bits per heavy atom. The molecule has 5 heteroatoms. The number of carbonyl (C=O) groups excluding carboxylic acids is 2. The molecular formula is C16H25N3O2. The molecule has 0 spiro atoms. The lowest BCUT2D eigenvalue weighted by Gasteiger charge is -2.31. The summed E-state index contributed by atoms with van der Waals surface area (Å²) in [5, 5.41) is 11.6. The van der Waals surface area contributed by atoms with Crippen molar-refractivity contribution in [3.8, 4) is 6.07 Å². The molecule has 2 fully saturated rings. The van der Waals surface area contributed by atoms with Crippen LogP contribution in [0.4, 0.5) is 0 Å². The zero-order chi connectivity index (χ0) is 15.2. The van der Waals surface area contributed by atoms with E-state index >= 15 is 0 Å². The van der Waals surface area contributed by atoms with E-state index in [-0.39, 0.29) is 23.8 Å². The first kappa shape index (κ1) is 15.8. The van der Waals surface area contributed by atoms with Gasteiger partial charge >= 0.3 is 0 Å². The van der Waals surface area contributed by atoms with Crippen LogP contribution in [-0.2, 0) is 9.59 Å². The highest BCUT2D eigenvalue weighted by Gasteiger charge is 2.38. The molecule has 1 N–H and O–H groups in total. The zero-order valence-corrected chi connectivity index (χ0v) is 12.8. The van der Waals surface area contributed by atoms with Crippen LogP contribution in [0.15, 0.2) is 0 Å². The molecule has 5 nitrogen and oxygen atoms in total. The predicted molar refractivity (Wildman–Crippen MR) is 79.1 cm³/mol. The van der Waals surface area contributed by atoms with Crippen molar-refractivity contribution in [3.05, 3.63) is 0 Å². The van der Waals surface area contributed by atoms with Crippen LogP contribution in [0.2, 0.25) is 0 Å². The number of carbonyl (C=O) groups is 2. The fourth-order valence-corrected chi connectivity index (χ4v) is 3.38. The van der Waals surface area contributed by atoms with Crippen LogP contribution in [0.5, 0.6) is 0 Å². The maximum Gasteiger partial charge on any atom is 0.225 e. The first-order chi connectivity index (χ1) is 10.2. The summed E-state index contributed by atoms with van der Waals surface area (Å²) >= 11 is 0. The van der Waals surface area contributed by atoms with Crippen LogP contribution < -0.4 is 5.32 Å². The van der Waals surface area contributed by atoms with E-state index in [4.69, 9.17) is 5.26 Å². The predicted octanol–water partition coefficient (Wildman–Crippen LogP) is 1.98. The second kappa shape index (κ2) is 7.44. The largest absolute Gasteiger partial charge is 0.352 e. The first-order valence-electron chi connectivity index (χ1n) is 8.12. The number of likely N-dealkylation sites (tertiary alicyclic amines) is 1. The van der Waals surface area contributed by atoms with Gasteiger partial charge in [0.2, 0.25) is 11.8 Å². The lowest BCUT2D eigenvalue weighted by Crippen LogP contribution is -2.41.